The SMILES string of the molecule is CCCc1c2nc(-c3sccc3OCC)[nH]c(=O)c2nn1C. The van der Waals surface area contributed by atoms with Gasteiger partial charge >= 0.3 is 0 Å². The third-order valence-corrected chi connectivity index (χ3v) is 4.34. The Hall–Kier alpha value is -2.15. The first-order chi connectivity index (χ1) is 10.7. The van der Waals surface area contributed by atoms with Crippen molar-refractivity contribution in [1.29, 1.82) is 0 Å². The number of fused-ring (bicyclic) bond motifs is 1. The van der Waals surface area contributed by atoms with Gasteiger partial charge in [-0.25, -0.2) is 4.98 Å². The smallest absolute Gasteiger partial charge is 0.279 e. The van der Waals surface area contributed by atoms with Crippen LogP contribution >= 0.6 is 11.3 Å². The molecular weight excluding hydrogens is 300 g/mol. The average molecular weight is 318 g/mol. The van der Waals surface area contributed by atoms with Crippen molar-refractivity contribution in [2.75, 3.05) is 6.61 Å². The summed E-state index contributed by atoms with van der Waals surface area (Å²) < 4.78 is 7.34. The molecule has 0 fully saturated rings. The molecule has 6 nitrogen and oxygen atoms in total. The zero-order valence-corrected chi connectivity index (χ0v) is 13.7. The minimum atomic E-state index is -0.214. The van der Waals surface area contributed by atoms with Crippen LogP contribution < -0.4 is 10.3 Å². The van der Waals surface area contributed by atoms with Crippen LogP contribution in [0, 0.1) is 0 Å². The molecule has 0 saturated carbocycles. The van der Waals surface area contributed by atoms with Crippen LogP contribution in [0.1, 0.15) is 26.0 Å². The van der Waals surface area contributed by atoms with Gasteiger partial charge in [0.05, 0.1) is 12.3 Å². The first-order valence-corrected chi connectivity index (χ1v) is 8.20. The van der Waals surface area contributed by atoms with Gasteiger partial charge < -0.3 is 9.72 Å². The maximum absolute atomic E-state index is 12.3. The number of aromatic amines is 1. The highest BCUT2D eigenvalue weighted by molar-refractivity contribution is 7.13. The van der Waals surface area contributed by atoms with Gasteiger partial charge in [0.1, 0.15) is 16.1 Å². The van der Waals surface area contributed by atoms with Crippen molar-refractivity contribution in [3.05, 3.63) is 27.5 Å². The molecule has 0 aromatic carbocycles. The van der Waals surface area contributed by atoms with Gasteiger partial charge in [-0.05, 0) is 24.8 Å². The van der Waals surface area contributed by atoms with Crippen LogP contribution in [0.15, 0.2) is 16.2 Å². The van der Waals surface area contributed by atoms with Crippen LogP contribution in [0.5, 0.6) is 5.75 Å². The predicted molar refractivity (Wildman–Crippen MR) is 87.6 cm³/mol. The van der Waals surface area contributed by atoms with Gasteiger partial charge in [0, 0.05) is 7.05 Å². The second-order valence-corrected chi connectivity index (χ2v) is 5.90. The van der Waals surface area contributed by atoms with Crippen LogP contribution in [0.4, 0.5) is 0 Å². The molecule has 3 aromatic rings. The van der Waals surface area contributed by atoms with E-state index in [1.807, 2.05) is 25.4 Å². The molecule has 22 heavy (non-hydrogen) atoms. The quantitative estimate of drug-likeness (QED) is 0.785. The van der Waals surface area contributed by atoms with E-state index in [1.165, 1.54) is 11.3 Å². The lowest BCUT2D eigenvalue weighted by atomic mass is 10.2. The molecule has 7 heteroatoms. The van der Waals surface area contributed by atoms with E-state index in [1.54, 1.807) is 4.68 Å². The highest BCUT2D eigenvalue weighted by Gasteiger charge is 2.17. The number of aromatic nitrogens is 4. The monoisotopic (exact) mass is 318 g/mol. The Bertz CT molecular complexity index is 862. The molecule has 0 aliphatic carbocycles. The molecule has 0 atom stereocenters. The van der Waals surface area contributed by atoms with Crippen LogP contribution in [0.2, 0.25) is 0 Å². The number of hydrogen-bond donors (Lipinski definition) is 1. The van der Waals surface area contributed by atoms with Crippen molar-refractivity contribution in [3.63, 3.8) is 0 Å². The fraction of sp³-hybridized carbons (Fsp3) is 0.400. The van der Waals surface area contributed by atoms with E-state index in [-0.39, 0.29) is 5.56 Å². The maximum atomic E-state index is 12.3. The van der Waals surface area contributed by atoms with E-state index in [0.717, 1.165) is 29.2 Å². The lowest BCUT2D eigenvalue weighted by molar-refractivity contribution is 0.343. The van der Waals surface area contributed by atoms with Gasteiger partial charge in [0.2, 0.25) is 0 Å². The number of nitrogens with one attached hydrogen (secondary N) is 1. The zero-order chi connectivity index (χ0) is 15.7. The molecule has 0 saturated heterocycles. The average Bonchev–Trinajstić information content (AvgIpc) is 3.06. The topological polar surface area (TPSA) is 72.8 Å². The number of nitrogens with zero attached hydrogens (tertiary/aromatic N) is 3. The molecule has 1 N–H and O–H groups in total. The summed E-state index contributed by atoms with van der Waals surface area (Å²) in [4.78, 5) is 20.6. The van der Waals surface area contributed by atoms with E-state index in [2.05, 4.69) is 22.0 Å². The first-order valence-electron chi connectivity index (χ1n) is 7.32. The minimum absolute atomic E-state index is 0.214. The Morgan fingerprint density at radius 2 is 2.18 bits per heavy atom. The molecule has 0 aliphatic rings. The van der Waals surface area contributed by atoms with Gasteiger partial charge in [-0.3, -0.25) is 9.48 Å². The Morgan fingerprint density at radius 3 is 2.91 bits per heavy atom. The zero-order valence-electron chi connectivity index (χ0n) is 12.8. The summed E-state index contributed by atoms with van der Waals surface area (Å²) in [6.07, 6.45) is 1.81. The summed E-state index contributed by atoms with van der Waals surface area (Å²) in [7, 11) is 1.85. The maximum Gasteiger partial charge on any atom is 0.279 e. The summed E-state index contributed by atoms with van der Waals surface area (Å²) in [5, 5.41) is 6.23. The molecule has 3 aromatic heterocycles. The fourth-order valence-corrected chi connectivity index (χ4v) is 3.27. The molecule has 0 unspecified atom stereocenters. The number of hydrogen-bond acceptors (Lipinski definition) is 5. The van der Waals surface area contributed by atoms with Crippen LogP contribution in [0.25, 0.3) is 21.7 Å². The van der Waals surface area contributed by atoms with Crippen molar-refractivity contribution < 1.29 is 4.74 Å². The Balaban J connectivity index is 2.21. The summed E-state index contributed by atoms with van der Waals surface area (Å²) in [5.74, 6) is 1.29. The molecular formula is C15H18N4O2S. The minimum Gasteiger partial charge on any atom is -0.492 e. The summed E-state index contributed by atoms with van der Waals surface area (Å²) in [6, 6.07) is 1.89. The van der Waals surface area contributed by atoms with Gasteiger partial charge in [-0.1, -0.05) is 13.3 Å². The third kappa shape index (κ3) is 2.41. The molecule has 0 aliphatic heterocycles. The molecule has 3 rings (SSSR count). The summed E-state index contributed by atoms with van der Waals surface area (Å²) in [6.45, 7) is 4.60. The van der Waals surface area contributed by atoms with Crippen LogP contribution in [-0.2, 0) is 13.5 Å². The number of aryl methyl sites for hydroxylation is 2. The van der Waals surface area contributed by atoms with Crippen LogP contribution in [-0.4, -0.2) is 26.4 Å². The van der Waals surface area contributed by atoms with Gasteiger partial charge in [0.25, 0.3) is 5.56 Å². The number of ether oxygens (including phenoxy) is 1. The van der Waals surface area contributed by atoms with Gasteiger partial charge in [-0.15, -0.1) is 11.3 Å². The largest absolute Gasteiger partial charge is 0.492 e. The highest BCUT2D eigenvalue weighted by atomic mass is 32.1. The molecule has 3 heterocycles. The van der Waals surface area contributed by atoms with E-state index < -0.39 is 0 Å². The van der Waals surface area contributed by atoms with Gasteiger partial charge in [-0.2, -0.15) is 5.10 Å². The third-order valence-electron chi connectivity index (χ3n) is 3.44. The van der Waals surface area contributed by atoms with Crippen molar-refractivity contribution in [2.45, 2.75) is 26.7 Å². The van der Waals surface area contributed by atoms with Crippen molar-refractivity contribution in [2.24, 2.45) is 7.05 Å². The normalized spacial score (nSPS) is 11.2. The Morgan fingerprint density at radius 1 is 1.36 bits per heavy atom. The molecule has 0 bridgehead atoms. The summed E-state index contributed by atoms with van der Waals surface area (Å²) in [5.41, 5.74) is 1.84. The lowest BCUT2D eigenvalue weighted by Crippen LogP contribution is -2.09. The van der Waals surface area contributed by atoms with Crippen molar-refractivity contribution >= 4 is 22.4 Å². The Kier molecular flexibility index (Phi) is 3.98. The van der Waals surface area contributed by atoms with Gasteiger partial charge in [0.15, 0.2) is 11.3 Å². The second-order valence-electron chi connectivity index (χ2n) is 4.98. The number of rotatable bonds is 5. The number of H-pyrrole nitrogens is 1. The second kappa shape index (κ2) is 5.92. The van der Waals surface area contributed by atoms with E-state index in [0.29, 0.717) is 23.5 Å². The highest BCUT2D eigenvalue weighted by Crippen LogP contribution is 2.33. The van der Waals surface area contributed by atoms with E-state index in [4.69, 9.17) is 4.74 Å². The molecule has 116 valence electrons. The van der Waals surface area contributed by atoms with Crippen LogP contribution in [0.3, 0.4) is 0 Å². The fourth-order valence-electron chi connectivity index (χ4n) is 2.49. The molecule has 0 amide bonds. The lowest BCUT2D eigenvalue weighted by Gasteiger charge is -2.04. The molecule has 0 radical (unpaired) electrons. The van der Waals surface area contributed by atoms with E-state index in [9.17, 15) is 4.79 Å². The van der Waals surface area contributed by atoms with Crippen molar-refractivity contribution in [3.8, 4) is 16.5 Å². The number of thiophene rings is 1. The standard InChI is InChI=1S/C15H18N4O2S/c1-4-6-9-11-12(18-19(9)3)15(20)17-14(16-11)13-10(21-5-2)7-8-22-13/h7-8H,4-6H2,1-3H3,(H,16,17,20). The predicted octanol–water partition coefficient (Wildman–Crippen LogP) is 2.74. The Labute approximate surface area is 131 Å². The van der Waals surface area contributed by atoms with Crippen molar-refractivity contribution in [1.82, 2.24) is 19.7 Å². The van der Waals surface area contributed by atoms with E-state index >= 15 is 0 Å². The first kappa shape index (κ1) is 14.8. The summed E-state index contributed by atoms with van der Waals surface area (Å²) >= 11 is 1.50. The molecule has 0 spiro atoms.